The highest BCUT2D eigenvalue weighted by Gasteiger charge is 2.48. The first-order chi connectivity index (χ1) is 6.73. The van der Waals surface area contributed by atoms with Gasteiger partial charge in [0.1, 0.15) is 0 Å². The topological polar surface area (TPSA) is 20.7 Å². The van der Waals surface area contributed by atoms with E-state index in [9.17, 15) is 0 Å². The second-order valence-electron chi connectivity index (χ2n) is 6.31. The number of hydrogen-bond acceptors (Lipinski definition) is 1. The zero-order valence-electron chi connectivity index (χ0n) is 10.2. The lowest BCUT2D eigenvalue weighted by molar-refractivity contribution is 0.474. The molecule has 2 nitrogen and oxygen atoms in total. The summed E-state index contributed by atoms with van der Waals surface area (Å²) in [5, 5.41) is 0. The first-order valence-electron chi connectivity index (χ1n) is 5.54. The van der Waals surface area contributed by atoms with Crippen LogP contribution in [-0.2, 0) is 5.41 Å². The maximum Gasteiger partial charge on any atom is 0.177 e. The summed E-state index contributed by atoms with van der Waals surface area (Å²) in [6.07, 6.45) is 3.30. The van der Waals surface area contributed by atoms with Gasteiger partial charge in [0.15, 0.2) is 4.77 Å². The zero-order valence-corrected chi connectivity index (χ0v) is 11.0. The average molecular weight is 224 g/mol. The van der Waals surface area contributed by atoms with Crippen LogP contribution in [0.2, 0.25) is 0 Å². The van der Waals surface area contributed by atoms with E-state index in [0.717, 1.165) is 4.77 Å². The van der Waals surface area contributed by atoms with Crippen molar-refractivity contribution >= 4 is 12.2 Å². The highest BCUT2D eigenvalue weighted by molar-refractivity contribution is 7.71. The smallest absolute Gasteiger partial charge is 0.177 e. The molecule has 1 aliphatic carbocycles. The lowest BCUT2D eigenvalue weighted by Gasteiger charge is -2.21. The van der Waals surface area contributed by atoms with Crippen LogP contribution in [0.15, 0.2) is 6.20 Å². The maximum absolute atomic E-state index is 5.37. The number of hydrogen-bond donors (Lipinski definition) is 1. The van der Waals surface area contributed by atoms with E-state index in [-0.39, 0.29) is 5.41 Å². The van der Waals surface area contributed by atoms with Crippen molar-refractivity contribution in [2.24, 2.45) is 5.41 Å². The summed E-state index contributed by atoms with van der Waals surface area (Å²) < 4.78 is 3.19. The van der Waals surface area contributed by atoms with Gasteiger partial charge in [0.05, 0.1) is 0 Å². The largest absolute Gasteiger partial charge is 0.337 e. The molecule has 0 saturated heterocycles. The number of nitrogens with zero attached hydrogens (tertiary/aromatic N) is 1. The van der Waals surface area contributed by atoms with Crippen molar-refractivity contribution in [1.29, 1.82) is 0 Å². The third-order valence-electron chi connectivity index (χ3n) is 3.35. The Bertz CT molecular complexity index is 431. The summed E-state index contributed by atoms with van der Waals surface area (Å²) in [5.41, 5.74) is 1.90. The lowest BCUT2D eigenvalue weighted by atomic mass is 9.92. The summed E-state index contributed by atoms with van der Waals surface area (Å²) in [5.74, 6) is 0. The van der Waals surface area contributed by atoms with Crippen LogP contribution in [0.5, 0.6) is 0 Å². The van der Waals surface area contributed by atoms with E-state index < -0.39 is 0 Å². The fourth-order valence-corrected chi connectivity index (χ4v) is 2.43. The Hall–Kier alpha value is -0.570. The Kier molecular flexibility index (Phi) is 2.16. The molecule has 1 N–H and O–H groups in total. The molecule has 1 fully saturated rings. The fourth-order valence-electron chi connectivity index (χ4n) is 2.15. The average Bonchev–Trinajstić information content (AvgIpc) is 2.52. The van der Waals surface area contributed by atoms with Gasteiger partial charge in [-0.15, -0.1) is 0 Å². The minimum absolute atomic E-state index is 0.159. The molecule has 1 aromatic heterocycles. The Morgan fingerprint density at radius 3 is 2.40 bits per heavy atom. The molecule has 1 saturated carbocycles. The summed E-state index contributed by atoms with van der Waals surface area (Å²) in [6, 6.07) is 0.588. The van der Waals surface area contributed by atoms with Crippen LogP contribution >= 0.6 is 12.2 Å². The van der Waals surface area contributed by atoms with Gasteiger partial charge in [-0.2, -0.15) is 0 Å². The second-order valence-corrected chi connectivity index (χ2v) is 6.69. The van der Waals surface area contributed by atoms with Gasteiger partial charge in [-0.05, 0) is 24.1 Å². The van der Waals surface area contributed by atoms with Crippen molar-refractivity contribution in [2.75, 3.05) is 0 Å². The molecular formula is C12H20N2S. The second kappa shape index (κ2) is 2.97. The Balaban J connectivity index is 2.48. The van der Waals surface area contributed by atoms with E-state index >= 15 is 0 Å². The highest BCUT2D eigenvalue weighted by Crippen LogP contribution is 2.56. The first-order valence-corrected chi connectivity index (χ1v) is 5.95. The molecule has 0 radical (unpaired) electrons. The van der Waals surface area contributed by atoms with E-state index in [0.29, 0.717) is 11.5 Å². The molecule has 1 aromatic rings. The summed E-state index contributed by atoms with van der Waals surface area (Å²) in [4.78, 5) is 3.18. The normalized spacial score (nSPS) is 24.2. The van der Waals surface area contributed by atoms with Crippen LogP contribution in [-0.4, -0.2) is 9.55 Å². The van der Waals surface area contributed by atoms with Crippen molar-refractivity contribution < 1.29 is 0 Å². The quantitative estimate of drug-likeness (QED) is 0.719. The summed E-state index contributed by atoms with van der Waals surface area (Å²) in [7, 11) is 0. The van der Waals surface area contributed by atoms with Gasteiger partial charge in [0.25, 0.3) is 0 Å². The van der Waals surface area contributed by atoms with Crippen LogP contribution in [0.1, 0.15) is 52.8 Å². The number of H-pyrrole nitrogens is 1. The van der Waals surface area contributed by atoms with Crippen molar-refractivity contribution in [2.45, 2.75) is 52.5 Å². The van der Waals surface area contributed by atoms with E-state index in [1.54, 1.807) is 0 Å². The Labute approximate surface area is 96.7 Å². The minimum Gasteiger partial charge on any atom is -0.337 e. The van der Waals surface area contributed by atoms with Gasteiger partial charge in [-0.1, -0.05) is 34.6 Å². The summed E-state index contributed by atoms with van der Waals surface area (Å²) >= 11 is 5.37. The minimum atomic E-state index is 0.159. The molecule has 3 heteroatoms. The lowest BCUT2D eigenvalue weighted by Crippen LogP contribution is -2.18. The number of aromatic nitrogens is 2. The molecule has 1 unspecified atom stereocenters. The molecule has 2 rings (SSSR count). The van der Waals surface area contributed by atoms with Gasteiger partial charge in [0, 0.05) is 23.3 Å². The number of rotatable bonds is 1. The van der Waals surface area contributed by atoms with Crippen molar-refractivity contribution in [1.82, 2.24) is 9.55 Å². The fraction of sp³-hybridized carbons (Fsp3) is 0.750. The van der Waals surface area contributed by atoms with Gasteiger partial charge >= 0.3 is 0 Å². The van der Waals surface area contributed by atoms with Crippen molar-refractivity contribution in [3.63, 3.8) is 0 Å². The predicted octanol–water partition coefficient (Wildman–Crippen LogP) is 3.81. The van der Waals surface area contributed by atoms with E-state index in [1.807, 2.05) is 0 Å². The van der Waals surface area contributed by atoms with Crippen molar-refractivity contribution in [3.05, 3.63) is 16.7 Å². The molecule has 0 bridgehead atoms. The van der Waals surface area contributed by atoms with Crippen LogP contribution in [0.25, 0.3) is 0 Å². The molecule has 84 valence electrons. The van der Waals surface area contributed by atoms with Crippen molar-refractivity contribution in [3.8, 4) is 0 Å². The van der Waals surface area contributed by atoms with Gasteiger partial charge in [-0.25, -0.2) is 0 Å². The predicted molar refractivity (Wildman–Crippen MR) is 65.8 cm³/mol. The van der Waals surface area contributed by atoms with E-state index in [4.69, 9.17) is 12.2 Å². The van der Waals surface area contributed by atoms with Gasteiger partial charge < -0.3 is 9.55 Å². The molecule has 0 amide bonds. The Morgan fingerprint density at radius 1 is 1.47 bits per heavy atom. The molecule has 1 heterocycles. The summed E-state index contributed by atoms with van der Waals surface area (Å²) in [6.45, 7) is 11.3. The third kappa shape index (κ3) is 1.78. The van der Waals surface area contributed by atoms with Crippen LogP contribution in [0, 0.1) is 10.2 Å². The van der Waals surface area contributed by atoms with Gasteiger partial charge in [-0.3, -0.25) is 0 Å². The molecule has 1 atom stereocenters. The first kappa shape index (κ1) is 10.9. The Morgan fingerprint density at radius 2 is 2.00 bits per heavy atom. The molecule has 0 aliphatic heterocycles. The highest BCUT2D eigenvalue weighted by atomic mass is 32.1. The SMILES string of the molecule is CC(C)(C)c1c[nH]c(=S)n1C1CC1(C)C. The van der Waals surface area contributed by atoms with E-state index in [2.05, 4.69) is 50.4 Å². The zero-order chi connectivity index (χ0) is 11.4. The van der Waals surface area contributed by atoms with Crippen LogP contribution in [0.4, 0.5) is 0 Å². The van der Waals surface area contributed by atoms with Gasteiger partial charge in [0.2, 0.25) is 0 Å². The number of aromatic amines is 1. The molecule has 15 heavy (non-hydrogen) atoms. The van der Waals surface area contributed by atoms with Crippen LogP contribution < -0.4 is 0 Å². The molecule has 0 aromatic carbocycles. The van der Waals surface area contributed by atoms with Crippen LogP contribution in [0.3, 0.4) is 0 Å². The molecular weight excluding hydrogens is 204 g/mol. The number of imidazole rings is 1. The third-order valence-corrected chi connectivity index (χ3v) is 3.67. The standard InChI is InChI=1S/C12H20N2S/c1-11(2,3)9-7-13-10(15)14(9)8-6-12(8,4)5/h7-8H,6H2,1-5H3,(H,13,15). The molecule has 0 spiro atoms. The molecule has 1 aliphatic rings. The van der Waals surface area contributed by atoms with E-state index in [1.165, 1.54) is 12.1 Å². The monoisotopic (exact) mass is 224 g/mol. The maximum atomic E-state index is 5.37. The number of nitrogens with one attached hydrogen (secondary N) is 1.